The zero-order chi connectivity index (χ0) is 33.3. The van der Waals surface area contributed by atoms with Gasteiger partial charge in [0, 0.05) is 12.8 Å². The highest BCUT2D eigenvalue weighted by Crippen LogP contribution is 2.35. The molecular formula is C36H63O8P. The first kappa shape index (κ1) is 43.0. The van der Waals surface area contributed by atoms with Crippen molar-refractivity contribution >= 4 is 19.8 Å². The van der Waals surface area contributed by atoms with Crippen molar-refractivity contribution in [2.45, 2.75) is 155 Å². The molecule has 0 unspecified atom stereocenters. The third kappa shape index (κ3) is 34.7. The van der Waals surface area contributed by atoms with Crippen molar-refractivity contribution in [1.29, 1.82) is 0 Å². The normalized spacial score (nSPS) is 13.1. The van der Waals surface area contributed by atoms with Crippen LogP contribution in [0.1, 0.15) is 149 Å². The summed E-state index contributed by atoms with van der Waals surface area (Å²) in [5.41, 5.74) is 0. The molecule has 0 aliphatic rings. The quantitative estimate of drug-likeness (QED) is 0.0328. The zero-order valence-corrected chi connectivity index (χ0v) is 29.1. The molecule has 0 fully saturated rings. The van der Waals surface area contributed by atoms with Crippen molar-refractivity contribution in [3.05, 3.63) is 48.6 Å². The fourth-order valence-corrected chi connectivity index (χ4v) is 4.84. The predicted octanol–water partition coefficient (Wildman–Crippen LogP) is 10.0. The molecule has 45 heavy (non-hydrogen) atoms. The maximum absolute atomic E-state index is 12.3. The lowest BCUT2D eigenvalue weighted by molar-refractivity contribution is -0.161. The van der Waals surface area contributed by atoms with E-state index in [2.05, 4.69) is 60.9 Å². The number of hydrogen-bond acceptors (Lipinski definition) is 6. The molecule has 0 rings (SSSR count). The van der Waals surface area contributed by atoms with E-state index in [4.69, 9.17) is 19.3 Å². The van der Waals surface area contributed by atoms with Crippen LogP contribution in [0.2, 0.25) is 0 Å². The van der Waals surface area contributed by atoms with Gasteiger partial charge in [0.1, 0.15) is 6.61 Å². The summed E-state index contributed by atoms with van der Waals surface area (Å²) in [7, 11) is -4.75. The fraction of sp³-hybridized carbons (Fsp3) is 0.722. The number of allylic oxidation sites excluding steroid dienone is 8. The van der Waals surface area contributed by atoms with E-state index in [1.165, 1.54) is 64.2 Å². The van der Waals surface area contributed by atoms with Crippen molar-refractivity contribution in [2.75, 3.05) is 13.2 Å². The van der Waals surface area contributed by atoms with Gasteiger partial charge < -0.3 is 19.3 Å². The molecule has 0 saturated carbocycles. The number of carbonyl (C=O) groups is 2. The van der Waals surface area contributed by atoms with E-state index in [9.17, 15) is 14.2 Å². The van der Waals surface area contributed by atoms with Crippen LogP contribution in [-0.4, -0.2) is 41.0 Å². The van der Waals surface area contributed by atoms with Crippen LogP contribution < -0.4 is 0 Å². The molecule has 260 valence electrons. The van der Waals surface area contributed by atoms with Crippen LogP contribution in [0, 0.1) is 0 Å². The first-order valence-corrected chi connectivity index (χ1v) is 19.0. The Bertz CT molecular complexity index is 874. The van der Waals surface area contributed by atoms with Crippen LogP contribution in [0.15, 0.2) is 48.6 Å². The van der Waals surface area contributed by atoms with Gasteiger partial charge in [-0.25, -0.2) is 4.57 Å². The first-order chi connectivity index (χ1) is 21.8. The molecule has 0 aliphatic heterocycles. The van der Waals surface area contributed by atoms with E-state index in [-0.39, 0.29) is 19.4 Å². The van der Waals surface area contributed by atoms with Crippen molar-refractivity contribution in [2.24, 2.45) is 0 Å². The molecule has 9 heteroatoms. The Morgan fingerprint density at radius 2 is 1.02 bits per heavy atom. The number of carbonyl (C=O) groups excluding carboxylic acids is 2. The Kier molecular flexibility index (Phi) is 30.6. The minimum absolute atomic E-state index is 0.191. The van der Waals surface area contributed by atoms with Crippen molar-refractivity contribution in [3.63, 3.8) is 0 Å². The molecule has 0 bridgehead atoms. The van der Waals surface area contributed by atoms with Crippen LogP contribution >= 0.6 is 7.82 Å². The summed E-state index contributed by atoms with van der Waals surface area (Å²) < 4.78 is 26.1. The van der Waals surface area contributed by atoms with Crippen LogP contribution in [0.3, 0.4) is 0 Å². The molecule has 8 nitrogen and oxygen atoms in total. The maximum atomic E-state index is 12.3. The lowest BCUT2D eigenvalue weighted by Gasteiger charge is -2.18. The first-order valence-electron chi connectivity index (χ1n) is 17.4. The molecule has 0 saturated heterocycles. The third-order valence-electron chi connectivity index (χ3n) is 7.10. The number of phosphoric acid groups is 1. The molecule has 0 aromatic heterocycles. The van der Waals surface area contributed by atoms with Gasteiger partial charge in [0.05, 0.1) is 6.61 Å². The molecule has 0 amide bonds. The molecule has 0 aromatic carbocycles. The van der Waals surface area contributed by atoms with Crippen LogP contribution in [0.4, 0.5) is 0 Å². The average Bonchev–Trinajstić information content (AvgIpc) is 3.00. The Hall–Kier alpha value is -1.99. The van der Waals surface area contributed by atoms with E-state index < -0.39 is 32.5 Å². The minimum Gasteiger partial charge on any atom is -0.462 e. The predicted molar refractivity (Wildman–Crippen MR) is 184 cm³/mol. The molecule has 0 aromatic rings. The second kappa shape index (κ2) is 32.0. The fourth-order valence-electron chi connectivity index (χ4n) is 4.48. The lowest BCUT2D eigenvalue weighted by atomic mass is 10.1. The second-order valence-electron chi connectivity index (χ2n) is 11.5. The van der Waals surface area contributed by atoms with Gasteiger partial charge in [-0.15, -0.1) is 0 Å². The highest BCUT2D eigenvalue weighted by atomic mass is 31.2. The number of ether oxygens (including phenoxy) is 2. The van der Waals surface area contributed by atoms with Crippen LogP contribution in [0.5, 0.6) is 0 Å². The van der Waals surface area contributed by atoms with Crippen molar-refractivity contribution in [1.82, 2.24) is 0 Å². The lowest BCUT2D eigenvalue weighted by Crippen LogP contribution is -2.29. The molecule has 1 atom stereocenters. The van der Waals surface area contributed by atoms with E-state index in [0.717, 1.165) is 44.9 Å². The van der Waals surface area contributed by atoms with Crippen molar-refractivity contribution in [3.8, 4) is 0 Å². The summed E-state index contributed by atoms with van der Waals surface area (Å²) >= 11 is 0. The molecule has 2 N–H and O–H groups in total. The zero-order valence-electron chi connectivity index (χ0n) is 28.3. The van der Waals surface area contributed by atoms with Crippen LogP contribution in [0.25, 0.3) is 0 Å². The maximum Gasteiger partial charge on any atom is 0.469 e. The highest BCUT2D eigenvalue weighted by molar-refractivity contribution is 7.46. The van der Waals surface area contributed by atoms with Gasteiger partial charge in [0.15, 0.2) is 6.10 Å². The van der Waals surface area contributed by atoms with E-state index in [1.54, 1.807) is 0 Å². The summed E-state index contributed by atoms with van der Waals surface area (Å²) in [5, 5.41) is 0. The molecule has 0 radical (unpaired) electrons. The Morgan fingerprint density at radius 1 is 0.578 bits per heavy atom. The summed E-state index contributed by atoms with van der Waals surface area (Å²) in [6, 6.07) is 0. The molecule has 0 spiro atoms. The van der Waals surface area contributed by atoms with Gasteiger partial charge in [-0.2, -0.15) is 0 Å². The monoisotopic (exact) mass is 654 g/mol. The smallest absolute Gasteiger partial charge is 0.462 e. The van der Waals surface area contributed by atoms with Crippen molar-refractivity contribution < 1.29 is 37.9 Å². The summed E-state index contributed by atoms with van der Waals surface area (Å²) in [4.78, 5) is 42.5. The topological polar surface area (TPSA) is 119 Å². The highest BCUT2D eigenvalue weighted by Gasteiger charge is 2.22. The second-order valence-corrected chi connectivity index (χ2v) is 12.7. The molecule has 0 heterocycles. The summed E-state index contributed by atoms with van der Waals surface area (Å²) in [6.07, 6.45) is 37.0. The van der Waals surface area contributed by atoms with E-state index in [1.807, 2.05) is 6.08 Å². The van der Waals surface area contributed by atoms with E-state index >= 15 is 0 Å². The Morgan fingerprint density at radius 3 is 1.56 bits per heavy atom. The number of hydrogen-bond donors (Lipinski definition) is 2. The minimum atomic E-state index is -4.75. The van der Waals surface area contributed by atoms with Gasteiger partial charge in [-0.05, 0) is 51.4 Å². The Balaban J connectivity index is 4.10. The SMILES string of the molecule is CCCCC/C=C\C/C=C\C/C=C\C/C=C\CCCC(=O)OC[C@H](COP(=O)(O)O)OC(=O)CCCCCCCCCCCC. The third-order valence-corrected chi connectivity index (χ3v) is 7.59. The summed E-state index contributed by atoms with van der Waals surface area (Å²) in [5.74, 6) is -0.955. The molecular weight excluding hydrogens is 591 g/mol. The number of phosphoric ester groups is 1. The molecule has 0 aliphatic carbocycles. The standard InChI is InChI=1S/C36H63O8P/c1-3-5-7-9-11-13-15-16-17-18-19-20-21-23-24-26-28-30-35(37)42-32-34(33-43-45(39,40)41)44-36(38)31-29-27-25-22-14-12-10-8-6-4-2/h11,13,16-17,19-20,23-24,34H,3-10,12,14-15,18,21-22,25-33H2,1-2H3,(H2,39,40,41)/b13-11-,17-16-,20-19-,24-23-/t34-/m1/s1. The average molecular weight is 655 g/mol. The van der Waals surface area contributed by atoms with Crippen LogP contribution in [-0.2, 0) is 28.2 Å². The van der Waals surface area contributed by atoms with Gasteiger partial charge >= 0.3 is 19.8 Å². The summed E-state index contributed by atoms with van der Waals surface area (Å²) in [6.45, 7) is 3.56. The van der Waals surface area contributed by atoms with Gasteiger partial charge in [-0.1, -0.05) is 133 Å². The largest absolute Gasteiger partial charge is 0.469 e. The van der Waals surface area contributed by atoms with Gasteiger partial charge in [0.2, 0.25) is 0 Å². The van der Waals surface area contributed by atoms with Gasteiger partial charge in [-0.3, -0.25) is 14.1 Å². The number of rotatable bonds is 31. The Labute approximate surface area is 274 Å². The number of unbranched alkanes of at least 4 members (excludes halogenated alkanes) is 13. The number of esters is 2. The van der Waals surface area contributed by atoms with Gasteiger partial charge in [0.25, 0.3) is 0 Å². The van der Waals surface area contributed by atoms with E-state index in [0.29, 0.717) is 12.8 Å².